The van der Waals surface area contributed by atoms with Crippen molar-refractivity contribution in [2.24, 2.45) is 0 Å². The Kier molecular flexibility index (Phi) is 5.92. The van der Waals surface area contributed by atoms with Crippen LogP contribution >= 0.6 is 23.2 Å². The van der Waals surface area contributed by atoms with Crippen molar-refractivity contribution in [3.05, 3.63) is 63.6 Å². The molecule has 0 aromatic heterocycles. The lowest BCUT2D eigenvalue weighted by molar-refractivity contribution is 0.414. The smallest absolute Gasteiger partial charge is 0.118 e. The summed E-state index contributed by atoms with van der Waals surface area (Å²) in [6.07, 6.45) is 0.980. The zero-order chi connectivity index (χ0) is 15.2. The molecule has 0 saturated carbocycles. The molecule has 1 atom stereocenters. The Morgan fingerprint density at radius 1 is 1.05 bits per heavy atom. The predicted octanol–water partition coefficient (Wildman–Crippen LogP) is 5.24. The van der Waals surface area contributed by atoms with Crippen molar-refractivity contribution >= 4 is 23.2 Å². The van der Waals surface area contributed by atoms with E-state index in [0.29, 0.717) is 10.0 Å². The first-order valence-corrected chi connectivity index (χ1v) is 7.71. The third kappa shape index (κ3) is 4.37. The molecule has 112 valence electrons. The molecule has 2 aromatic rings. The van der Waals surface area contributed by atoms with Crippen LogP contribution in [0.25, 0.3) is 0 Å². The van der Waals surface area contributed by atoms with E-state index in [1.54, 1.807) is 7.11 Å². The minimum absolute atomic E-state index is 0.252. The number of ether oxygens (including phenoxy) is 1. The van der Waals surface area contributed by atoms with Crippen molar-refractivity contribution in [3.63, 3.8) is 0 Å². The Labute approximate surface area is 136 Å². The fraction of sp³-hybridized carbons (Fsp3) is 0.294. The van der Waals surface area contributed by atoms with Crippen molar-refractivity contribution in [2.75, 3.05) is 7.11 Å². The monoisotopic (exact) mass is 323 g/mol. The molecule has 0 fully saturated rings. The van der Waals surface area contributed by atoms with Crippen molar-refractivity contribution < 1.29 is 4.74 Å². The van der Waals surface area contributed by atoms with E-state index in [2.05, 4.69) is 24.4 Å². The van der Waals surface area contributed by atoms with Gasteiger partial charge in [-0.05, 0) is 41.8 Å². The van der Waals surface area contributed by atoms with Gasteiger partial charge in [-0.15, -0.1) is 0 Å². The number of halogens is 2. The second-order valence-electron chi connectivity index (χ2n) is 4.86. The minimum Gasteiger partial charge on any atom is -0.497 e. The fourth-order valence-electron chi connectivity index (χ4n) is 2.21. The van der Waals surface area contributed by atoms with Gasteiger partial charge in [0.1, 0.15) is 5.75 Å². The minimum atomic E-state index is 0.252. The van der Waals surface area contributed by atoms with Crippen LogP contribution in [0, 0.1) is 0 Å². The van der Waals surface area contributed by atoms with Gasteiger partial charge in [-0.1, -0.05) is 48.3 Å². The largest absolute Gasteiger partial charge is 0.497 e. The lowest BCUT2D eigenvalue weighted by Crippen LogP contribution is -2.20. The van der Waals surface area contributed by atoms with Crippen molar-refractivity contribution in [1.82, 2.24) is 5.32 Å². The van der Waals surface area contributed by atoms with Gasteiger partial charge in [0, 0.05) is 12.6 Å². The van der Waals surface area contributed by atoms with Crippen molar-refractivity contribution in [1.29, 1.82) is 0 Å². The first kappa shape index (κ1) is 16.2. The first-order chi connectivity index (χ1) is 10.1. The molecule has 4 heteroatoms. The average molecular weight is 324 g/mol. The molecule has 2 nitrogen and oxygen atoms in total. The molecule has 0 radical (unpaired) electrons. The second-order valence-corrected chi connectivity index (χ2v) is 5.68. The summed E-state index contributed by atoms with van der Waals surface area (Å²) in [5, 5.41) is 4.73. The molecule has 0 saturated heterocycles. The summed E-state index contributed by atoms with van der Waals surface area (Å²) < 4.78 is 5.16. The number of benzene rings is 2. The lowest BCUT2D eigenvalue weighted by atomic mass is 10.0. The molecular weight excluding hydrogens is 305 g/mol. The van der Waals surface area contributed by atoms with Gasteiger partial charge in [-0.25, -0.2) is 0 Å². The molecular formula is C17H19Cl2NO. The van der Waals surface area contributed by atoms with Gasteiger partial charge in [0.15, 0.2) is 0 Å². The van der Waals surface area contributed by atoms with E-state index in [9.17, 15) is 0 Å². The molecule has 2 aromatic carbocycles. The number of rotatable bonds is 6. The second kappa shape index (κ2) is 7.69. The van der Waals surface area contributed by atoms with Gasteiger partial charge in [0.25, 0.3) is 0 Å². The summed E-state index contributed by atoms with van der Waals surface area (Å²) in [5.41, 5.74) is 2.37. The summed E-state index contributed by atoms with van der Waals surface area (Å²) >= 11 is 12.1. The maximum atomic E-state index is 6.09. The molecule has 0 bridgehead atoms. The van der Waals surface area contributed by atoms with Crippen molar-refractivity contribution in [3.8, 4) is 5.75 Å². The van der Waals surface area contributed by atoms with Gasteiger partial charge >= 0.3 is 0 Å². The summed E-state index contributed by atoms with van der Waals surface area (Å²) in [4.78, 5) is 0. The van der Waals surface area contributed by atoms with E-state index in [1.165, 1.54) is 5.56 Å². The number of nitrogens with one attached hydrogen (secondary N) is 1. The molecule has 0 amide bonds. The zero-order valence-electron chi connectivity index (χ0n) is 12.2. The summed E-state index contributed by atoms with van der Waals surface area (Å²) in [6, 6.07) is 14.1. The highest BCUT2D eigenvalue weighted by Gasteiger charge is 2.10. The van der Waals surface area contributed by atoms with E-state index >= 15 is 0 Å². The predicted molar refractivity (Wildman–Crippen MR) is 89.3 cm³/mol. The number of methoxy groups -OCH3 is 1. The Balaban J connectivity index is 2.02. The van der Waals surface area contributed by atoms with Crippen LogP contribution < -0.4 is 10.1 Å². The third-order valence-electron chi connectivity index (χ3n) is 3.47. The molecule has 1 unspecified atom stereocenters. The van der Waals surface area contributed by atoms with Crippen LogP contribution in [-0.2, 0) is 6.54 Å². The molecule has 0 aliphatic heterocycles. The van der Waals surface area contributed by atoms with Crippen LogP contribution in [-0.4, -0.2) is 7.11 Å². The highest BCUT2D eigenvalue weighted by Crippen LogP contribution is 2.27. The molecule has 21 heavy (non-hydrogen) atoms. The Morgan fingerprint density at radius 2 is 1.76 bits per heavy atom. The van der Waals surface area contributed by atoms with Crippen LogP contribution in [0.5, 0.6) is 5.75 Å². The average Bonchev–Trinajstić information content (AvgIpc) is 2.52. The van der Waals surface area contributed by atoms with E-state index in [4.69, 9.17) is 27.9 Å². The Bertz CT molecular complexity index is 584. The van der Waals surface area contributed by atoms with Crippen LogP contribution in [0.2, 0.25) is 10.0 Å². The first-order valence-electron chi connectivity index (χ1n) is 6.95. The van der Waals surface area contributed by atoms with Crippen molar-refractivity contribution in [2.45, 2.75) is 25.9 Å². The van der Waals surface area contributed by atoms with E-state index in [1.807, 2.05) is 30.3 Å². The van der Waals surface area contributed by atoms with Crippen LogP contribution in [0.15, 0.2) is 42.5 Å². The fourth-order valence-corrected chi connectivity index (χ4v) is 2.52. The molecule has 2 rings (SSSR count). The SMILES string of the molecule is CCC(NCc1ccc(OC)cc1)c1ccc(Cl)c(Cl)c1. The molecule has 0 heterocycles. The number of hydrogen-bond donors (Lipinski definition) is 1. The standard InChI is InChI=1S/C17H19Cl2NO/c1-3-17(13-6-9-15(18)16(19)10-13)20-11-12-4-7-14(21-2)8-5-12/h4-10,17,20H,3,11H2,1-2H3. The maximum absolute atomic E-state index is 6.09. The van der Waals surface area contributed by atoms with E-state index < -0.39 is 0 Å². The highest BCUT2D eigenvalue weighted by molar-refractivity contribution is 6.42. The zero-order valence-corrected chi connectivity index (χ0v) is 13.7. The van der Waals surface area contributed by atoms with E-state index in [-0.39, 0.29) is 6.04 Å². The Morgan fingerprint density at radius 3 is 2.33 bits per heavy atom. The van der Waals surface area contributed by atoms with Gasteiger partial charge in [0.05, 0.1) is 17.2 Å². The van der Waals surface area contributed by atoms with Gasteiger partial charge < -0.3 is 10.1 Å². The molecule has 0 aliphatic carbocycles. The lowest BCUT2D eigenvalue weighted by Gasteiger charge is -2.18. The summed E-state index contributed by atoms with van der Waals surface area (Å²) in [6.45, 7) is 2.94. The molecule has 0 aliphatic rings. The number of hydrogen-bond acceptors (Lipinski definition) is 2. The highest BCUT2D eigenvalue weighted by atomic mass is 35.5. The molecule has 1 N–H and O–H groups in total. The van der Waals surface area contributed by atoms with Crippen LogP contribution in [0.3, 0.4) is 0 Å². The van der Waals surface area contributed by atoms with Crippen LogP contribution in [0.4, 0.5) is 0 Å². The maximum Gasteiger partial charge on any atom is 0.118 e. The summed E-state index contributed by atoms with van der Waals surface area (Å²) in [7, 11) is 1.67. The van der Waals surface area contributed by atoms with E-state index in [0.717, 1.165) is 24.3 Å². The van der Waals surface area contributed by atoms with Crippen LogP contribution in [0.1, 0.15) is 30.5 Å². The third-order valence-corrected chi connectivity index (χ3v) is 4.20. The normalized spacial score (nSPS) is 12.2. The molecule has 0 spiro atoms. The van der Waals surface area contributed by atoms with Gasteiger partial charge in [-0.3, -0.25) is 0 Å². The summed E-state index contributed by atoms with van der Waals surface area (Å²) in [5.74, 6) is 0.871. The topological polar surface area (TPSA) is 21.3 Å². The van der Waals surface area contributed by atoms with Gasteiger partial charge in [-0.2, -0.15) is 0 Å². The quantitative estimate of drug-likeness (QED) is 0.784. The Hall–Kier alpha value is -1.22. The van der Waals surface area contributed by atoms with Gasteiger partial charge in [0.2, 0.25) is 0 Å².